The van der Waals surface area contributed by atoms with Crippen molar-refractivity contribution in [1.82, 2.24) is 5.48 Å². The lowest BCUT2D eigenvalue weighted by Crippen LogP contribution is -2.33. The van der Waals surface area contributed by atoms with Crippen molar-refractivity contribution in [2.24, 2.45) is 0 Å². The number of nitrogens with one attached hydrogen (secondary N) is 1. The Hall–Kier alpha value is -2.04. The summed E-state index contributed by atoms with van der Waals surface area (Å²) in [6, 6.07) is 5.27. The lowest BCUT2D eigenvalue weighted by molar-refractivity contribution is -0.140. The van der Waals surface area contributed by atoms with Gasteiger partial charge in [-0.25, -0.2) is 0 Å². The summed E-state index contributed by atoms with van der Waals surface area (Å²) in [7, 11) is 0. The Labute approximate surface area is 97.3 Å². The van der Waals surface area contributed by atoms with E-state index >= 15 is 0 Å². The minimum Gasteiger partial charge on any atom is -0.481 e. The van der Waals surface area contributed by atoms with Crippen LogP contribution in [0.25, 0.3) is 0 Å². The van der Waals surface area contributed by atoms with Crippen molar-refractivity contribution in [3.63, 3.8) is 0 Å². The van der Waals surface area contributed by atoms with Crippen LogP contribution in [0.3, 0.4) is 0 Å². The predicted molar refractivity (Wildman–Crippen MR) is 57.5 cm³/mol. The van der Waals surface area contributed by atoms with E-state index in [2.05, 4.69) is 5.48 Å². The van der Waals surface area contributed by atoms with E-state index in [0.29, 0.717) is 18.6 Å². The van der Waals surface area contributed by atoms with Gasteiger partial charge in [-0.3, -0.25) is 9.59 Å². The van der Waals surface area contributed by atoms with Gasteiger partial charge in [0.25, 0.3) is 5.91 Å². The van der Waals surface area contributed by atoms with Crippen LogP contribution in [-0.2, 0) is 21.4 Å². The fourth-order valence-corrected chi connectivity index (χ4v) is 2.17. The second kappa shape index (κ2) is 3.23. The molecule has 3 rings (SSSR count). The van der Waals surface area contributed by atoms with Crippen molar-refractivity contribution < 1.29 is 19.5 Å². The lowest BCUT2D eigenvalue weighted by atomic mass is 9.94. The smallest absolute Gasteiger partial charge is 0.314 e. The van der Waals surface area contributed by atoms with E-state index in [4.69, 9.17) is 4.84 Å². The van der Waals surface area contributed by atoms with Crippen molar-refractivity contribution in [2.45, 2.75) is 24.7 Å². The Bertz CT molecular complexity index is 519. The van der Waals surface area contributed by atoms with E-state index < -0.39 is 11.4 Å². The van der Waals surface area contributed by atoms with Gasteiger partial charge < -0.3 is 9.94 Å². The maximum absolute atomic E-state index is 11.2. The third-order valence-corrected chi connectivity index (χ3v) is 3.40. The number of carbonyl (C=O) groups is 2. The molecule has 1 fully saturated rings. The molecule has 88 valence electrons. The molecule has 0 atom stereocenters. The summed E-state index contributed by atoms with van der Waals surface area (Å²) in [6.07, 6.45) is 1.59. The molecule has 0 spiro atoms. The fourth-order valence-electron chi connectivity index (χ4n) is 2.17. The first kappa shape index (κ1) is 10.1. The molecule has 1 aromatic rings. The van der Waals surface area contributed by atoms with E-state index in [1.165, 1.54) is 0 Å². The van der Waals surface area contributed by atoms with Crippen molar-refractivity contribution in [3.8, 4) is 5.75 Å². The molecule has 1 heterocycles. The van der Waals surface area contributed by atoms with Crippen LogP contribution in [0.4, 0.5) is 0 Å². The lowest BCUT2D eigenvalue weighted by Gasteiger charge is -2.19. The van der Waals surface area contributed by atoms with Crippen molar-refractivity contribution in [1.29, 1.82) is 0 Å². The van der Waals surface area contributed by atoms with Gasteiger partial charge in [0.05, 0.1) is 11.8 Å². The monoisotopic (exact) mass is 233 g/mol. The van der Waals surface area contributed by atoms with Gasteiger partial charge in [-0.15, -0.1) is 0 Å². The van der Waals surface area contributed by atoms with Crippen LogP contribution in [0, 0.1) is 0 Å². The molecule has 1 aliphatic carbocycles. The standard InChI is InChI=1S/C12H11NO4/c14-10-5-7-1-2-8(6-9(7)17-13-10)12(3-4-12)11(15)16/h1-2,6H,3-5H2,(H,13,14)(H,15,16). The molecule has 5 heteroatoms. The highest BCUT2D eigenvalue weighted by Gasteiger charge is 2.52. The topological polar surface area (TPSA) is 75.6 Å². The Morgan fingerprint density at radius 2 is 2.18 bits per heavy atom. The average Bonchev–Trinajstić information content (AvgIpc) is 3.09. The molecule has 0 aromatic heterocycles. The first-order chi connectivity index (χ1) is 8.12. The number of benzene rings is 1. The Balaban J connectivity index is 1.99. The van der Waals surface area contributed by atoms with Crippen molar-refractivity contribution in [3.05, 3.63) is 29.3 Å². The maximum Gasteiger partial charge on any atom is 0.314 e. The molecule has 17 heavy (non-hydrogen) atoms. The number of hydrogen-bond acceptors (Lipinski definition) is 3. The molecular weight excluding hydrogens is 222 g/mol. The largest absolute Gasteiger partial charge is 0.481 e. The highest BCUT2D eigenvalue weighted by molar-refractivity contribution is 5.85. The van der Waals surface area contributed by atoms with Gasteiger partial charge >= 0.3 is 5.97 Å². The van der Waals surface area contributed by atoms with Gasteiger partial charge in [-0.05, 0) is 24.5 Å². The summed E-state index contributed by atoms with van der Waals surface area (Å²) >= 11 is 0. The number of fused-ring (bicyclic) bond motifs is 1. The highest BCUT2D eigenvalue weighted by Crippen LogP contribution is 2.49. The first-order valence-electron chi connectivity index (χ1n) is 5.44. The third-order valence-electron chi connectivity index (χ3n) is 3.40. The number of carbonyl (C=O) groups excluding carboxylic acids is 1. The summed E-state index contributed by atoms with van der Waals surface area (Å²) < 4.78 is 0. The Morgan fingerprint density at radius 1 is 1.41 bits per heavy atom. The molecule has 0 radical (unpaired) electrons. The van der Waals surface area contributed by atoms with Crippen molar-refractivity contribution in [2.75, 3.05) is 0 Å². The summed E-state index contributed by atoms with van der Waals surface area (Å²) in [6.45, 7) is 0. The molecule has 1 aromatic carbocycles. The van der Waals surface area contributed by atoms with E-state index in [9.17, 15) is 14.7 Å². The van der Waals surface area contributed by atoms with Gasteiger partial charge in [0.15, 0.2) is 5.75 Å². The summed E-state index contributed by atoms with van der Waals surface area (Å²) in [5, 5.41) is 9.19. The molecule has 1 amide bonds. The SMILES string of the molecule is O=C1Cc2ccc(C3(C(=O)O)CC3)cc2ON1. The highest BCUT2D eigenvalue weighted by atomic mass is 16.7. The average molecular weight is 233 g/mol. The van der Waals surface area contributed by atoms with Gasteiger partial charge in [-0.2, -0.15) is 5.48 Å². The van der Waals surface area contributed by atoms with Crippen LogP contribution in [-0.4, -0.2) is 17.0 Å². The number of hydroxylamine groups is 1. The first-order valence-corrected chi connectivity index (χ1v) is 5.44. The number of hydrogen-bond donors (Lipinski definition) is 2. The molecule has 5 nitrogen and oxygen atoms in total. The van der Waals surface area contributed by atoms with Gasteiger partial charge in [0.2, 0.25) is 0 Å². The molecule has 2 aliphatic rings. The second-order valence-electron chi connectivity index (χ2n) is 4.51. The van der Waals surface area contributed by atoms with Crippen LogP contribution < -0.4 is 10.3 Å². The third kappa shape index (κ3) is 1.46. The zero-order chi connectivity index (χ0) is 12.0. The summed E-state index contributed by atoms with van der Waals surface area (Å²) in [4.78, 5) is 27.4. The van der Waals surface area contributed by atoms with Crippen LogP contribution in [0.2, 0.25) is 0 Å². The van der Waals surface area contributed by atoms with E-state index in [0.717, 1.165) is 11.1 Å². The van der Waals surface area contributed by atoms with Crippen LogP contribution in [0.5, 0.6) is 5.75 Å². The number of aliphatic carboxylic acids is 1. The van der Waals surface area contributed by atoms with E-state index in [-0.39, 0.29) is 12.3 Å². The number of carboxylic acids is 1. The molecule has 1 aliphatic heterocycles. The molecule has 0 saturated heterocycles. The molecule has 2 N–H and O–H groups in total. The van der Waals surface area contributed by atoms with Crippen LogP contribution in [0.15, 0.2) is 18.2 Å². The molecule has 0 bridgehead atoms. The fraction of sp³-hybridized carbons (Fsp3) is 0.333. The number of carboxylic acid groups (broad SMARTS) is 1. The quantitative estimate of drug-likeness (QED) is 0.791. The molecule has 1 saturated carbocycles. The normalized spacial score (nSPS) is 19.9. The molecular formula is C12H11NO4. The summed E-state index contributed by atoms with van der Waals surface area (Å²) in [5.74, 6) is -0.434. The van der Waals surface area contributed by atoms with Crippen LogP contribution in [0.1, 0.15) is 24.0 Å². The van der Waals surface area contributed by atoms with Gasteiger partial charge in [0.1, 0.15) is 0 Å². The Morgan fingerprint density at radius 3 is 2.82 bits per heavy atom. The predicted octanol–water partition coefficient (Wildman–Crippen LogP) is 0.769. The maximum atomic E-state index is 11.2. The second-order valence-corrected chi connectivity index (χ2v) is 4.51. The minimum absolute atomic E-state index is 0.190. The van der Waals surface area contributed by atoms with Gasteiger partial charge in [0, 0.05) is 5.56 Å². The van der Waals surface area contributed by atoms with Crippen molar-refractivity contribution >= 4 is 11.9 Å². The number of amides is 1. The zero-order valence-electron chi connectivity index (χ0n) is 9.03. The number of rotatable bonds is 2. The summed E-state index contributed by atoms with van der Waals surface area (Å²) in [5.41, 5.74) is 3.08. The zero-order valence-corrected chi connectivity index (χ0v) is 9.03. The van der Waals surface area contributed by atoms with Crippen LogP contribution >= 0.6 is 0 Å². The minimum atomic E-state index is -0.794. The van der Waals surface area contributed by atoms with E-state index in [1.807, 2.05) is 0 Å². The van der Waals surface area contributed by atoms with E-state index in [1.54, 1.807) is 18.2 Å². The Kier molecular flexibility index (Phi) is 1.92. The molecule has 0 unspecified atom stereocenters. The van der Waals surface area contributed by atoms with Gasteiger partial charge in [-0.1, -0.05) is 12.1 Å².